The molecule has 0 aliphatic heterocycles. The number of hydrogen-bond acceptors (Lipinski definition) is 5. The van der Waals surface area contributed by atoms with Crippen molar-refractivity contribution in [2.24, 2.45) is 0 Å². The fourth-order valence-electron chi connectivity index (χ4n) is 2.36. The third-order valence-electron chi connectivity index (χ3n) is 3.66. The lowest BCUT2D eigenvalue weighted by molar-refractivity contribution is -0.150. The molecule has 27 heavy (non-hydrogen) atoms. The molecule has 2 aromatic carbocycles. The summed E-state index contributed by atoms with van der Waals surface area (Å²) in [6, 6.07) is 10.0. The van der Waals surface area contributed by atoms with Gasteiger partial charge >= 0.3 is 5.97 Å². The summed E-state index contributed by atoms with van der Waals surface area (Å²) in [6.45, 7) is 2.93. The third kappa shape index (κ3) is 5.86. The SMILES string of the molecule is CCNC(=O)[C@H](C)NC(=O)COC(=O)COc1ccc(Cl)c2ccccc12. The molecule has 1 atom stereocenters. The molecule has 2 N–H and O–H groups in total. The van der Waals surface area contributed by atoms with Gasteiger partial charge in [0.15, 0.2) is 13.2 Å². The smallest absolute Gasteiger partial charge is 0.344 e. The highest BCUT2D eigenvalue weighted by Gasteiger charge is 2.16. The molecule has 0 bridgehead atoms. The van der Waals surface area contributed by atoms with Gasteiger partial charge in [0, 0.05) is 22.3 Å². The number of carbonyl (C=O) groups is 3. The fourth-order valence-corrected chi connectivity index (χ4v) is 2.59. The van der Waals surface area contributed by atoms with E-state index in [0.29, 0.717) is 17.3 Å². The van der Waals surface area contributed by atoms with Gasteiger partial charge in [-0.3, -0.25) is 9.59 Å². The summed E-state index contributed by atoms with van der Waals surface area (Å²) in [5.74, 6) is -1.09. The fraction of sp³-hybridized carbons (Fsp3) is 0.316. The van der Waals surface area contributed by atoms with Crippen molar-refractivity contribution in [3.8, 4) is 5.75 Å². The van der Waals surface area contributed by atoms with Gasteiger partial charge in [0.25, 0.3) is 5.91 Å². The summed E-state index contributed by atoms with van der Waals surface area (Å²) < 4.78 is 10.4. The molecule has 0 spiro atoms. The van der Waals surface area contributed by atoms with Crippen LogP contribution in [0.3, 0.4) is 0 Å². The van der Waals surface area contributed by atoms with Crippen LogP contribution in [0.5, 0.6) is 5.75 Å². The number of likely N-dealkylation sites (N-methyl/N-ethyl adjacent to an activating group) is 1. The van der Waals surface area contributed by atoms with Gasteiger partial charge in [-0.1, -0.05) is 35.9 Å². The van der Waals surface area contributed by atoms with Gasteiger partial charge in [-0.05, 0) is 26.0 Å². The predicted molar refractivity (Wildman–Crippen MR) is 102 cm³/mol. The van der Waals surface area contributed by atoms with E-state index < -0.39 is 24.5 Å². The van der Waals surface area contributed by atoms with Gasteiger partial charge in [-0.2, -0.15) is 0 Å². The Hall–Kier alpha value is -2.80. The van der Waals surface area contributed by atoms with Crippen LogP contribution < -0.4 is 15.4 Å². The highest BCUT2D eigenvalue weighted by molar-refractivity contribution is 6.35. The van der Waals surface area contributed by atoms with E-state index in [0.717, 1.165) is 10.8 Å². The molecule has 0 saturated heterocycles. The summed E-state index contributed by atoms with van der Waals surface area (Å²) in [6.07, 6.45) is 0. The quantitative estimate of drug-likeness (QED) is 0.670. The maximum atomic E-state index is 11.8. The second kappa shape index (κ2) is 9.78. The van der Waals surface area contributed by atoms with Gasteiger partial charge in [0.1, 0.15) is 11.8 Å². The Kier molecular flexibility index (Phi) is 7.43. The monoisotopic (exact) mass is 392 g/mol. The molecule has 0 radical (unpaired) electrons. The van der Waals surface area contributed by atoms with Crippen molar-refractivity contribution in [3.63, 3.8) is 0 Å². The van der Waals surface area contributed by atoms with E-state index in [4.69, 9.17) is 21.1 Å². The highest BCUT2D eigenvalue weighted by Crippen LogP contribution is 2.31. The normalized spacial score (nSPS) is 11.5. The molecule has 0 aliphatic rings. The molecule has 7 nitrogen and oxygen atoms in total. The molecule has 0 fully saturated rings. The number of ether oxygens (including phenoxy) is 2. The molecular weight excluding hydrogens is 372 g/mol. The van der Waals surface area contributed by atoms with Crippen LogP contribution in [0.1, 0.15) is 13.8 Å². The Morgan fingerprint density at radius 3 is 2.48 bits per heavy atom. The lowest BCUT2D eigenvalue weighted by Crippen LogP contribution is -2.46. The van der Waals surface area contributed by atoms with Crippen molar-refractivity contribution < 1.29 is 23.9 Å². The van der Waals surface area contributed by atoms with Crippen molar-refractivity contribution >= 4 is 40.2 Å². The molecule has 0 saturated carbocycles. The first-order chi connectivity index (χ1) is 12.9. The molecule has 0 aliphatic carbocycles. The Balaban J connectivity index is 1.82. The van der Waals surface area contributed by atoms with Gasteiger partial charge in [-0.25, -0.2) is 4.79 Å². The molecule has 8 heteroatoms. The lowest BCUT2D eigenvalue weighted by atomic mass is 10.1. The topological polar surface area (TPSA) is 93.7 Å². The molecule has 2 amide bonds. The van der Waals surface area contributed by atoms with E-state index in [1.807, 2.05) is 24.3 Å². The number of benzene rings is 2. The Morgan fingerprint density at radius 1 is 1.07 bits per heavy atom. The average Bonchev–Trinajstić information content (AvgIpc) is 2.66. The number of halogens is 1. The number of esters is 1. The minimum Gasteiger partial charge on any atom is -0.481 e. The number of amides is 2. The number of rotatable bonds is 8. The highest BCUT2D eigenvalue weighted by atomic mass is 35.5. The number of hydrogen-bond donors (Lipinski definition) is 2. The minimum absolute atomic E-state index is 0.310. The molecule has 2 rings (SSSR count). The standard InChI is InChI=1S/C19H21ClN2O5/c1-3-21-19(25)12(2)22-17(23)10-27-18(24)11-26-16-9-8-15(20)13-6-4-5-7-14(13)16/h4-9,12H,3,10-11H2,1-2H3,(H,21,25)(H,22,23)/t12-/m0/s1. The summed E-state index contributed by atoms with van der Waals surface area (Å²) >= 11 is 6.14. The molecule has 0 aromatic heterocycles. The summed E-state index contributed by atoms with van der Waals surface area (Å²) in [7, 11) is 0. The van der Waals surface area contributed by atoms with Crippen molar-refractivity contribution in [1.82, 2.24) is 10.6 Å². The van der Waals surface area contributed by atoms with Gasteiger partial charge in [0.2, 0.25) is 5.91 Å². The van der Waals surface area contributed by atoms with E-state index >= 15 is 0 Å². The van der Waals surface area contributed by atoms with E-state index in [9.17, 15) is 14.4 Å². The van der Waals surface area contributed by atoms with Crippen LogP contribution in [0.25, 0.3) is 10.8 Å². The van der Waals surface area contributed by atoms with Crippen LogP contribution in [0.4, 0.5) is 0 Å². The first-order valence-electron chi connectivity index (χ1n) is 8.45. The van der Waals surface area contributed by atoms with Crippen molar-refractivity contribution in [2.75, 3.05) is 19.8 Å². The molecule has 144 valence electrons. The zero-order valence-corrected chi connectivity index (χ0v) is 15.8. The first-order valence-corrected chi connectivity index (χ1v) is 8.83. The lowest BCUT2D eigenvalue weighted by Gasteiger charge is -2.13. The first kappa shape index (κ1) is 20.5. The largest absolute Gasteiger partial charge is 0.481 e. The molecular formula is C19H21ClN2O5. The zero-order chi connectivity index (χ0) is 19.8. The average molecular weight is 393 g/mol. The van der Waals surface area contributed by atoms with Crippen molar-refractivity contribution in [3.05, 3.63) is 41.4 Å². The minimum atomic E-state index is -0.715. The van der Waals surface area contributed by atoms with Crippen molar-refractivity contribution in [2.45, 2.75) is 19.9 Å². The van der Waals surface area contributed by atoms with Crippen molar-refractivity contribution in [1.29, 1.82) is 0 Å². The van der Waals surface area contributed by atoms with Gasteiger partial charge in [-0.15, -0.1) is 0 Å². The van der Waals surface area contributed by atoms with Gasteiger partial charge in [0.05, 0.1) is 0 Å². The van der Waals surface area contributed by atoms with Crippen LogP contribution in [0.2, 0.25) is 5.02 Å². The Morgan fingerprint density at radius 2 is 1.78 bits per heavy atom. The number of nitrogens with one attached hydrogen (secondary N) is 2. The summed E-state index contributed by atoms with van der Waals surface area (Å²) in [5.41, 5.74) is 0. The number of fused-ring (bicyclic) bond motifs is 1. The second-order valence-corrected chi connectivity index (χ2v) is 6.13. The molecule has 2 aromatic rings. The van der Waals surface area contributed by atoms with E-state index in [2.05, 4.69) is 10.6 Å². The Labute approximate surface area is 162 Å². The van der Waals surface area contributed by atoms with E-state index in [1.54, 1.807) is 26.0 Å². The second-order valence-electron chi connectivity index (χ2n) is 5.72. The van der Waals surface area contributed by atoms with Gasteiger partial charge < -0.3 is 20.1 Å². The van der Waals surface area contributed by atoms with E-state index in [-0.39, 0.29) is 12.5 Å². The summed E-state index contributed by atoms with van der Waals surface area (Å²) in [5, 5.41) is 7.18. The zero-order valence-electron chi connectivity index (χ0n) is 15.1. The predicted octanol–water partition coefficient (Wildman–Crippen LogP) is 2.06. The molecule has 0 unspecified atom stereocenters. The molecule has 0 heterocycles. The van der Waals surface area contributed by atoms with Crippen LogP contribution >= 0.6 is 11.6 Å². The maximum Gasteiger partial charge on any atom is 0.344 e. The van der Waals surface area contributed by atoms with Crippen LogP contribution in [-0.4, -0.2) is 43.6 Å². The van der Waals surface area contributed by atoms with Crippen LogP contribution in [0.15, 0.2) is 36.4 Å². The van der Waals surface area contributed by atoms with Crippen LogP contribution in [-0.2, 0) is 19.1 Å². The number of carbonyl (C=O) groups excluding carboxylic acids is 3. The Bertz CT molecular complexity index is 840. The summed E-state index contributed by atoms with van der Waals surface area (Å²) in [4.78, 5) is 35.1. The third-order valence-corrected chi connectivity index (χ3v) is 3.99. The van der Waals surface area contributed by atoms with E-state index in [1.165, 1.54) is 0 Å². The maximum absolute atomic E-state index is 11.8. The van der Waals surface area contributed by atoms with Crippen LogP contribution in [0, 0.1) is 0 Å².